The zero-order chi connectivity index (χ0) is 46.1. The third kappa shape index (κ3) is 10.6. The number of carbonyl (C=O) groups is 1. The topological polar surface area (TPSA) is 214 Å². The molecule has 0 aromatic heterocycles. The summed E-state index contributed by atoms with van der Waals surface area (Å²) in [6.07, 6.45) is 0.0772. The zero-order valence-electron chi connectivity index (χ0n) is 41.8. The molecule has 0 saturated carbocycles. The molecule has 14 nitrogen and oxygen atoms in total. The zero-order valence-corrected chi connectivity index (χ0v) is 43.9. The van der Waals surface area contributed by atoms with Crippen LogP contribution in [0.25, 0.3) is 0 Å². The van der Waals surface area contributed by atoms with E-state index in [1.54, 1.807) is 20.8 Å². The Labute approximate surface area is 421 Å². The van der Waals surface area contributed by atoms with Gasteiger partial charge in [-0.3, -0.25) is 4.79 Å². The van der Waals surface area contributed by atoms with Crippen molar-refractivity contribution in [2.45, 2.75) is 249 Å². The first-order valence-corrected chi connectivity index (χ1v) is 24.2. The Kier molecular flexibility index (Phi) is 17.5. The normalized spacial score (nSPS) is 51.5. The van der Waals surface area contributed by atoms with Crippen molar-refractivity contribution in [1.82, 2.24) is 0 Å². The molecule has 362 valence electrons. The summed E-state index contributed by atoms with van der Waals surface area (Å²) >= 11 is 0. The molecule has 15 heteroatoms. The summed E-state index contributed by atoms with van der Waals surface area (Å²) in [7, 11) is 0. The molecule has 0 aliphatic carbocycles. The summed E-state index contributed by atoms with van der Waals surface area (Å²) in [5.41, 5.74) is -3.01. The smallest absolute Gasteiger partial charge is 1.00 e. The second kappa shape index (κ2) is 20.2. The molecule has 0 aromatic carbocycles. The number of aliphatic carboxylic acids is 1. The maximum Gasteiger partial charge on any atom is 1.00 e. The van der Waals surface area contributed by atoms with Crippen LogP contribution in [0.3, 0.4) is 0 Å². The molecule has 7 N–H and O–H groups in total. The van der Waals surface area contributed by atoms with Gasteiger partial charge in [-0.25, -0.2) is 0 Å². The van der Waals surface area contributed by atoms with Gasteiger partial charge in [0.15, 0.2) is 17.4 Å². The minimum Gasteiger partial charge on any atom is -1.00 e. The van der Waals surface area contributed by atoms with Gasteiger partial charge in [-0.05, 0) is 110 Å². The third-order valence-corrected chi connectivity index (χ3v) is 17.3. The van der Waals surface area contributed by atoms with E-state index < -0.39 is 88.6 Å². The van der Waals surface area contributed by atoms with Gasteiger partial charge < -0.3 is 65.6 Å². The van der Waals surface area contributed by atoms with E-state index in [9.17, 15) is 40.5 Å². The summed E-state index contributed by atoms with van der Waals surface area (Å²) in [6.45, 7) is 22.9. The van der Waals surface area contributed by atoms with Gasteiger partial charge in [-0.1, -0.05) is 55.4 Å². The molecule has 23 atom stereocenters. The van der Waals surface area contributed by atoms with Gasteiger partial charge in [-0.15, -0.1) is 0 Å². The van der Waals surface area contributed by atoms with E-state index in [-0.39, 0.29) is 113 Å². The Hall–Kier alpha value is 0.626. The molecule has 6 fully saturated rings. The second-order valence-corrected chi connectivity index (χ2v) is 22.3. The number of rotatable bonds is 13. The maximum absolute atomic E-state index is 12.4. The Balaban J connectivity index is 0.00000449. The van der Waals surface area contributed by atoms with Gasteiger partial charge in [0.05, 0.1) is 66.0 Å². The fourth-order valence-electron chi connectivity index (χ4n) is 12.7. The minimum atomic E-state index is -2.03. The summed E-state index contributed by atoms with van der Waals surface area (Å²) in [5.74, 6) is -8.34. The van der Waals surface area contributed by atoms with Crippen LogP contribution in [0, 0.1) is 47.3 Å². The van der Waals surface area contributed by atoms with E-state index in [0.717, 1.165) is 6.42 Å². The first kappa shape index (κ1) is 54.6. The number of carboxylic acid groups (broad SMARTS) is 1. The summed E-state index contributed by atoms with van der Waals surface area (Å²) < 4.78 is 39.2. The van der Waals surface area contributed by atoms with Crippen LogP contribution in [-0.4, -0.2) is 131 Å². The Morgan fingerprint density at radius 1 is 0.762 bits per heavy atom. The van der Waals surface area contributed by atoms with Gasteiger partial charge >= 0.3 is 57.4 Å². The molecule has 0 spiro atoms. The Morgan fingerprint density at radius 2 is 1.41 bits per heavy atom. The summed E-state index contributed by atoms with van der Waals surface area (Å²) in [6, 6.07) is 0. The molecular formula is C48H85KO14. The molecule has 0 bridgehead atoms. The van der Waals surface area contributed by atoms with Crippen molar-refractivity contribution in [1.29, 1.82) is 0 Å². The molecule has 6 heterocycles. The van der Waals surface area contributed by atoms with E-state index in [1.807, 2.05) is 55.4 Å². The Morgan fingerprint density at radius 3 is 2.05 bits per heavy atom. The van der Waals surface area contributed by atoms with Crippen molar-refractivity contribution in [3.63, 3.8) is 0 Å². The first-order valence-electron chi connectivity index (χ1n) is 24.2. The average molecular weight is 925 g/mol. The molecule has 63 heavy (non-hydrogen) atoms. The summed E-state index contributed by atoms with van der Waals surface area (Å²) in [5, 5.41) is 81.2. The molecular weight excluding hydrogens is 840 g/mol. The summed E-state index contributed by atoms with van der Waals surface area (Å²) in [4.78, 5) is 11.8. The molecule has 6 rings (SSSR count). The quantitative estimate of drug-likeness (QED) is 0.133. The van der Waals surface area contributed by atoms with Gasteiger partial charge in [0.25, 0.3) is 0 Å². The van der Waals surface area contributed by atoms with Crippen LogP contribution in [0.15, 0.2) is 0 Å². The van der Waals surface area contributed by atoms with Crippen LogP contribution in [0.5, 0.6) is 0 Å². The number of aliphatic hydroxyl groups is 6. The molecule has 6 aliphatic rings. The van der Waals surface area contributed by atoms with Crippen LogP contribution < -0.4 is 51.4 Å². The van der Waals surface area contributed by atoms with E-state index in [2.05, 4.69) is 6.92 Å². The molecule has 0 amide bonds. The van der Waals surface area contributed by atoms with E-state index >= 15 is 0 Å². The molecule has 0 radical (unpaired) electrons. The van der Waals surface area contributed by atoms with E-state index in [0.29, 0.717) is 64.2 Å². The minimum absolute atomic E-state index is 0. The fraction of sp³-hybridized carbons (Fsp3) is 0.979. The first-order chi connectivity index (χ1) is 28.6. The number of hydrogen-bond donors (Lipinski definition) is 7. The van der Waals surface area contributed by atoms with Gasteiger partial charge in [0.1, 0.15) is 11.7 Å². The van der Waals surface area contributed by atoms with Crippen LogP contribution in [0.4, 0.5) is 0 Å². The molecule has 6 aliphatic heterocycles. The van der Waals surface area contributed by atoms with Crippen molar-refractivity contribution in [3.05, 3.63) is 0 Å². The van der Waals surface area contributed by atoms with Crippen LogP contribution in [0.2, 0.25) is 0 Å². The van der Waals surface area contributed by atoms with Gasteiger partial charge in [0.2, 0.25) is 0 Å². The largest absolute Gasteiger partial charge is 1.00 e. The van der Waals surface area contributed by atoms with Gasteiger partial charge in [-0.2, -0.15) is 0 Å². The van der Waals surface area contributed by atoms with Crippen LogP contribution >= 0.6 is 0 Å². The van der Waals surface area contributed by atoms with Crippen molar-refractivity contribution in [2.24, 2.45) is 47.3 Å². The average Bonchev–Trinajstić information content (AvgIpc) is 3.72. The third-order valence-electron chi connectivity index (χ3n) is 17.3. The van der Waals surface area contributed by atoms with Crippen molar-refractivity contribution < 1.29 is 122 Å². The number of hydrogen-bond acceptors (Lipinski definition) is 13. The van der Waals surface area contributed by atoms with Crippen molar-refractivity contribution in [3.8, 4) is 0 Å². The van der Waals surface area contributed by atoms with Crippen LogP contribution in [0.1, 0.15) is 162 Å². The molecule has 0 unspecified atom stereocenters. The van der Waals surface area contributed by atoms with E-state index in [4.69, 9.17) is 28.4 Å². The van der Waals surface area contributed by atoms with Crippen molar-refractivity contribution >= 4 is 5.97 Å². The SMILES string of the molecule is CC[C@@H]1O[C@@H]([C@]2(C)C[C@@H](C)[C@](O)([C@]3(C)CC[C@@H]([C@@H](O)[C@]4(O)O[C@H](C[C@@]5(O)O[C@@H]([C@@H](C)[C@H](O)C[C@@H]6O[C@H]([C@@H](C)C(=O)O)[C@@H](C)C[C@H]6C)CC[C@@H]5C)[C@@H](C)C[C@H]4C)O3)O2)CC[C@@]1(C)O.[H-].[K+]. The standard InChI is InChI=1S/C48H84O14.K.H/c1-13-38-43(10,53)18-17-39(58-38)44(11)23-30(7)48(56,62-44)45(12)19-16-35(59-45)41(50)47(55)29(6)21-26(3)37(61-47)24-46(54)28(5)14-15-34(60-46)31(8)33(49)22-36-25(2)20-27(4)40(57-36)32(9)42(51)52;;/h25-41,49-50,53-56H,13-24H2,1-12H3,(H,51,52);;/q;+1;-1/t25-,26+,27+,28+,29-,30-,31+,32-,33-,34-,35+,36+,37-,38+,39-,40+,41-,43-,44+,45+,46-,47-,48-;;/m1../s1. The second-order valence-electron chi connectivity index (χ2n) is 22.3. The Bertz CT molecular complexity index is 1560. The number of carboxylic acids is 1. The molecule has 0 aromatic rings. The number of aliphatic hydroxyl groups excluding tert-OH is 2. The maximum atomic E-state index is 12.4. The van der Waals surface area contributed by atoms with Crippen LogP contribution in [-0.2, 0) is 33.2 Å². The fourth-order valence-corrected chi connectivity index (χ4v) is 12.7. The van der Waals surface area contributed by atoms with Crippen molar-refractivity contribution in [2.75, 3.05) is 0 Å². The van der Waals surface area contributed by atoms with E-state index in [1.165, 1.54) is 0 Å². The van der Waals surface area contributed by atoms with Gasteiger partial charge in [0, 0.05) is 36.5 Å². The predicted octanol–water partition coefficient (Wildman–Crippen LogP) is 2.79. The predicted molar refractivity (Wildman–Crippen MR) is 230 cm³/mol. The molecule has 6 saturated heterocycles. The number of ether oxygens (including phenoxy) is 6. The monoisotopic (exact) mass is 925 g/mol.